The van der Waals surface area contributed by atoms with E-state index in [0.29, 0.717) is 35.4 Å². The fourth-order valence-electron chi connectivity index (χ4n) is 3.58. The number of carbonyl (C=O) groups excluding carboxylic acids is 2. The molecule has 1 saturated carbocycles. The topological polar surface area (TPSA) is 52.6 Å². The van der Waals surface area contributed by atoms with Gasteiger partial charge in [-0.25, -0.2) is 4.79 Å². The molecule has 5 nitrogen and oxygen atoms in total. The summed E-state index contributed by atoms with van der Waals surface area (Å²) in [5.41, 5.74) is 3.41. The molecule has 0 spiro atoms. The maximum absolute atomic E-state index is 13.2. The summed E-state index contributed by atoms with van der Waals surface area (Å²) in [7, 11) is 0. The fraction of sp³-hybridized carbons (Fsp3) is 0.364. The van der Waals surface area contributed by atoms with Crippen LogP contribution in [0.15, 0.2) is 36.4 Å². The average Bonchev–Trinajstić information content (AvgIpc) is 3.52. The van der Waals surface area contributed by atoms with Crippen LogP contribution in [0.2, 0.25) is 10.0 Å². The van der Waals surface area contributed by atoms with Crippen molar-refractivity contribution in [2.75, 3.05) is 23.3 Å². The highest BCUT2D eigenvalue weighted by atomic mass is 35.5. The van der Waals surface area contributed by atoms with E-state index in [1.54, 1.807) is 21.9 Å². The molecule has 2 aliphatic rings. The van der Waals surface area contributed by atoms with E-state index < -0.39 is 0 Å². The summed E-state index contributed by atoms with van der Waals surface area (Å²) in [5.74, 6) is 0.139. The van der Waals surface area contributed by atoms with E-state index in [-0.39, 0.29) is 17.9 Å². The lowest BCUT2D eigenvalue weighted by Gasteiger charge is -2.36. The minimum atomic E-state index is -0.0758. The van der Waals surface area contributed by atoms with Crippen LogP contribution < -0.4 is 10.2 Å². The standard InChI is InChI=1S/C22H23Cl2N3O2/c1-14-3-8-20(19(11-14)25-21(28)16-5-6-16)27-10-2-9-26(22(27)29)13-15-4-7-17(23)18(24)12-15/h3-4,7-8,11-12,16H,2,5-6,9-10,13H2,1H3,(H,25,28). The van der Waals surface area contributed by atoms with E-state index in [2.05, 4.69) is 5.32 Å². The van der Waals surface area contributed by atoms with Crippen molar-refractivity contribution in [3.8, 4) is 0 Å². The van der Waals surface area contributed by atoms with Gasteiger partial charge in [-0.05, 0) is 61.6 Å². The van der Waals surface area contributed by atoms with E-state index >= 15 is 0 Å². The zero-order chi connectivity index (χ0) is 20.5. The number of amides is 3. The maximum Gasteiger partial charge on any atom is 0.324 e. The highest BCUT2D eigenvalue weighted by Crippen LogP contribution is 2.34. The van der Waals surface area contributed by atoms with Crippen LogP contribution in [0, 0.1) is 12.8 Å². The quantitative estimate of drug-likeness (QED) is 0.680. The van der Waals surface area contributed by atoms with Crippen molar-refractivity contribution in [2.45, 2.75) is 32.7 Å². The highest BCUT2D eigenvalue weighted by molar-refractivity contribution is 6.42. The normalized spacial score (nSPS) is 16.9. The molecule has 2 aromatic rings. The zero-order valence-corrected chi connectivity index (χ0v) is 17.8. The number of anilines is 2. The van der Waals surface area contributed by atoms with Crippen molar-refractivity contribution in [3.05, 3.63) is 57.6 Å². The third-order valence-electron chi connectivity index (χ3n) is 5.32. The van der Waals surface area contributed by atoms with Gasteiger partial charge in [0.1, 0.15) is 0 Å². The zero-order valence-electron chi connectivity index (χ0n) is 16.3. The van der Waals surface area contributed by atoms with E-state index in [1.807, 2.05) is 31.2 Å². The number of nitrogens with one attached hydrogen (secondary N) is 1. The number of benzene rings is 2. The largest absolute Gasteiger partial charge is 0.324 e. The van der Waals surface area contributed by atoms with Crippen LogP contribution in [0.5, 0.6) is 0 Å². The molecule has 1 aliphatic carbocycles. The third-order valence-corrected chi connectivity index (χ3v) is 6.06. The van der Waals surface area contributed by atoms with Crippen LogP contribution in [0.4, 0.5) is 16.2 Å². The molecule has 1 N–H and O–H groups in total. The Morgan fingerprint density at radius 3 is 2.62 bits per heavy atom. The summed E-state index contributed by atoms with van der Waals surface area (Å²) < 4.78 is 0. The molecule has 2 fully saturated rings. The van der Waals surface area contributed by atoms with Crippen molar-refractivity contribution in [3.63, 3.8) is 0 Å². The van der Waals surface area contributed by atoms with Crippen LogP contribution in [0.1, 0.15) is 30.4 Å². The molecule has 0 bridgehead atoms. The molecule has 29 heavy (non-hydrogen) atoms. The Morgan fingerprint density at radius 2 is 1.90 bits per heavy atom. The van der Waals surface area contributed by atoms with Gasteiger partial charge >= 0.3 is 6.03 Å². The number of hydrogen-bond acceptors (Lipinski definition) is 2. The fourth-order valence-corrected chi connectivity index (χ4v) is 3.90. The first kappa shape index (κ1) is 20.0. The molecule has 0 radical (unpaired) electrons. The molecule has 1 saturated heterocycles. The van der Waals surface area contributed by atoms with Crippen molar-refractivity contribution >= 4 is 46.5 Å². The Morgan fingerprint density at radius 1 is 1.10 bits per heavy atom. The van der Waals surface area contributed by atoms with Crippen LogP contribution in [0.3, 0.4) is 0 Å². The van der Waals surface area contributed by atoms with Crippen molar-refractivity contribution in [1.82, 2.24) is 4.90 Å². The van der Waals surface area contributed by atoms with E-state index in [1.165, 1.54) is 0 Å². The molecule has 4 rings (SSSR count). The Balaban J connectivity index is 1.55. The molecular weight excluding hydrogens is 409 g/mol. The van der Waals surface area contributed by atoms with Gasteiger partial charge in [0.05, 0.1) is 21.4 Å². The third kappa shape index (κ3) is 4.51. The van der Waals surface area contributed by atoms with Crippen LogP contribution in [-0.4, -0.2) is 29.9 Å². The Bertz CT molecular complexity index is 959. The molecule has 2 aromatic carbocycles. The van der Waals surface area contributed by atoms with Gasteiger partial charge in [0, 0.05) is 25.6 Å². The SMILES string of the molecule is Cc1ccc(N2CCCN(Cc3ccc(Cl)c(Cl)c3)C2=O)c(NC(=O)C2CC2)c1. The van der Waals surface area contributed by atoms with Crippen molar-refractivity contribution in [2.24, 2.45) is 5.92 Å². The number of halogens is 2. The van der Waals surface area contributed by atoms with Gasteiger partial charge in [0.2, 0.25) is 5.91 Å². The summed E-state index contributed by atoms with van der Waals surface area (Å²) in [6, 6.07) is 11.2. The smallest absolute Gasteiger partial charge is 0.324 e. The maximum atomic E-state index is 13.2. The summed E-state index contributed by atoms with van der Waals surface area (Å²) in [6.07, 6.45) is 2.72. The van der Waals surface area contributed by atoms with Crippen molar-refractivity contribution < 1.29 is 9.59 Å². The summed E-state index contributed by atoms with van der Waals surface area (Å²) >= 11 is 12.1. The van der Waals surface area contributed by atoms with Gasteiger partial charge in [-0.1, -0.05) is 35.3 Å². The van der Waals surface area contributed by atoms with Gasteiger partial charge in [0.15, 0.2) is 0 Å². The molecule has 1 aliphatic heterocycles. The minimum absolute atomic E-state index is 0.0361. The minimum Gasteiger partial charge on any atom is -0.324 e. The highest BCUT2D eigenvalue weighted by Gasteiger charge is 2.32. The average molecular weight is 432 g/mol. The Hall–Kier alpha value is -2.24. The molecule has 7 heteroatoms. The van der Waals surface area contributed by atoms with E-state index in [0.717, 1.165) is 36.1 Å². The van der Waals surface area contributed by atoms with Gasteiger partial charge in [-0.3, -0.25) is 9.69 Å². The van der Waals surface area contributed by atoms with Crippen LogP contribution in [-0.2, 0) is 11.3 Å². The van der Waals surface area contributed by atoms with E-state index in [9.17, 15) is 9.59 Å². The first-order valence-electron chi connectivity index (χ1n) is 9.84. The van der Waals surface area contributed by atoms with E-state index in [4.69, 9.17) is 23.2 Å². The lowest BCUT2D eigenvalue weighted by molar-refractivity contribution is -0.117. The molecule has 0 atom stereocenters. The van der Waals surface area contributed by atoms with Gasteiger partial charge in [-0.15, -0.1) is 0 Å². The lowest BCUT2D eigenvalue weighted by atomic mass is 10.1. The summed E-state index contributed by atoms with van der Waals surface area (Å²) in [5, 5.41) is 4.00. The van der Waals surface area contributed by atoms with Gasteiger partial charge in [-0.2, -0.15) is 0 Å². The second-order valence-electron chi connectivity index (χ2n) is 7.74. The number of carbonyl (C=O) groups is 2. The number of aryl methyl sites for hydroxylation is 1. The molecule has 0 unspecified atom stereocenters. The lowest BCUT2D eigenvalue weighted by Crippen LogP contribution is -2.49. The Labute approximate surface area is 180 Å². The molecular formula is C22H23Cl2N3O2. The number of rotatable bonds is 5. The molecule has 152 valence electrons. The summed E-state index contributed by atoms with van der Waals surface area (Å²) in [6.45, 7) is 3.73. The predicted octanol–water partition coefficient (Wildman–Crippen LogP) is 5.48. The second kappa shape index (κ2) is 8.25. The molecule has 1 heterocycles. The van der Waals surface area contributed by atoms with Gasteiger partial charge in [0.25, 0.3) is 0 Å². The number of hydrogen-bond donors (Lipinski definition) is 1. The molecule has 0 aromatic heterocycles. The van der Waals surface area contributed by atoms with Crippen LogP contribution in [0.25, 0.3) is 0 Å². The number of nitrogens with zero attached hydrogens (tertiary/aromatic N) is 2. The Kier molecular flexibility index (Phi) is 5.70. The first-order valence-corrected chi connectivity index (χ1v) is 10.6. The monoisotopic (exact) mass is 431 g/mol. The van der Waals surface area contributed by atoms with Gasteiger partial charge < -0.3 is 10.2 Å². The predicted molar refractivity (Wildman–Crippen MR) is 117 cm³/mol. The van der Waals surface area contributed by atoms with Crippen LogP contribution >= 0.6 is 23.2 Å². The second-order valence-corrected chi connectivity index (χ2v) is 8.56. The summed E-state index contributed by atoms with van der Waals surface area (Å²) in [4.78, 5) is 29.1. The molecule has 3 amide bonds. The number of urea groups is 1. The van der Waals surface area contributed by atoms with Crippen molar-refractivity contribution in [1.29, 1.82) is 0 Å². The first-order chi connectivity index (χ1) is 13.9.